The van der Waals surface area contributed by atoms with E-state index in [0.29, 0.717) is 25.9 Å². The molecule has 2 aromatic heterocycles. The first-order valence-electron chi connectivity index (χ1n) is 9.52. The normalized spacial score (nSPS) is 14.5. The highest BCUT2D eigenvalue weighted by atomic mass is 16.5. The maximum atomic E-state index is 12.6. The van der Waals surface area contributed by atoms with Crippen LogP contribution in [0.5, 0.6) is 0 Å². The van der Waals surface area contributed by atoms with E-state index in [1.54, 1.807) is 0 Å². The van der Waals surface area contributed by atoms with E-state index in [1.165, 1.54) is 0 Å². The molecule has 0 bridgehead atoms. The number of amides is 1. The quantitative estimate of drug-likeness (QED) is 0.831. The van der Waals surface area contributed by atoms with Gasteiger partial charge in [0.1, 0.15) is 11.6 Å². The number of nitrogens with one attached hydrogen (secondary N) is 1. The molecule has 0 aromatic carbocycles. The van der Waals surface area contributed by atoms with E-state index in [4.69, 9.17) is 4.52 Å². The molecule has 0 radical (unpaired) electrons. The van der Waals surface area contributed by atoms with Gasteiger partial charge >= 0.3 is 0 Å². The van der Waals surface area contributed by atoms with Gasteiger partial charge in [-0.2, -0.15) is 4.98 Å². The zero-order valence-corrected chi connectivity index (χ0v) is 16.6. The van der Waals surface area contributed by atoms with Gasteiger partial charge in [0.2, 0.25) is 11.9 Å². The second-order valence-electron chi connectivity index (χ2n) is 6.90. The number of aryl methyl sites for hydroxylation is 3. The molecule has 0 aliphatic carbocycles. The molecule has 8 nitrogen and oxygen atoms in total. The van der Waals surface area contributed by atoms with Gasteiger partial charge in [-0.05, 0) is 34.1 Å². The van der Waals surface area contributed by atoms with Gasteiger partial charge in [0.25, 0.3) is 0 Å². The number of hydrogen-bond acceptors (Lipinski definition) is 7. The summed E-state index contributed by atoms with van der Waals surface area (Å²) in [7, 11) is 0. The van der Waals surface area contributed by atoms with Crippen LogP contribution in [0.2, 0.25) is 0 Å². The molecule has 0 spiro atoms. The Morgan fingerprint density at radius 1 is 1.19 bits per heavy atom. The highest BCUT2D eigenvalue weighted by molar-refractivity contribution is 5.76. The van der Waals surface area contributed by atoms with Gasteiger partial charge in [0.05, 0.1) is 5.69 Å². The lowest BCUT2D eigenvalue weighted by Gasteiger charge is -2.35. The summed E-state index contributed by atoms with van der Waals surface area (Å²) in [6.07, 6.45) is 1.15. The number of piperazine rings is 1. The third-order valence-electron chi connectivity index (χ3n) is 4.89. The van der Waals surface area contributed by atoms with Gasteiger partial charge in [-0.3, -0.25) is 4.79 Å². The first-order valence-corrected chi connectivity index (χ1v) is 9.52. The van der Waals surface area contributed by atoms with Gasteiger partial charge in [-0.15, -0.1) is 0 Å². The van der Waals surface area contributed by atoms with Crippen LogP contribution in [-0.4, -0.2) is 58.7 Å². The van der Waals surface area contributed by atoms with Crippen molar-refractivity contribution in [3.63, 3.8) is 0 Å². The molecule has 1 amide bonds. The lowest BCUT2D eigenvalue weighted by molar-refractivity contribution is -0.131. The molecule has 0 atom stereocenters. The topological polar surface area (TPSA) is 87.4 Å². The molecule has 146 valence electrons. The van der Waals surface area contributed by atoms with Gasteiger partial charge in [0.15, 0.2) is 0 Å². The fraction of sp³-hybridized carbons (Fsp3) is 0.579. The first kappa shape index (κ1) is 19.1. The zero-order chi connectivity index (χ0) is 19.4. The highest BCUT2D eigenvalue weighted by Gasteiger charge is 2.23. The molecule has 3 rings (SSSR count). The van der Waals surface area contributed by atoms with Crippen molar-refractivity contribution in [3.8, 4) is 0 Å². The highest BCUT2D eigenvalue weighted by Crippen LogP contribution is 2.18. The summed E-state index contributed by atoms with van der Waals surface area (Å²) >= 11 is 0. The van der Waals surface area contributed by atoms with E-state index in [9.17, 15) is 4.79 Å². The van der Waals surface area contributed by atoms with Crippen LogP contribution in [0, 0.1) is 20.8 Å². The molecule has 1 aliphatic heterocycles. The molecule has 0 saturated carbocycles. The Morgan fingerprint density at radius 2 is 1.93 bits per heavy atom. The minimum absolute atomic E-state index is 0.174. The molecule has 0 unspecified atom stereocenters. The summed E-state index contributed by atoms with van der Waals surface area (Å²) in [5.74, 6) is 2.55. The van der Waals surface area contributed by atoms with E-state index in [-0.39, 0.29) is 5.91 Å². The Kier molecular flexibility index (Phi) is 5.93. The number of nitrogens with zero attached hydrogens (tertiary/aromatic N) is 5. The molecule has 1 aliphatic rings. The Morgan fingerprint density at radius 3 is 2.56 bits per heavy atom. The number of rotatable bonds is 6. The lowest BCUT2D eigenvalue weighted by Crippen LogP contribution is -2.49. The molecule has 2 aromatic rings. The van der Waals surface area contributed by atoms with Crippen LogP contribution in [0.1, 0.15) is 36.1 Å². The SMILES string of the molecule is CCNc1cc(C)nc(N2CCN(C(=O)CCc3c(C)noc3C)CC2)n1. The maximum Gasteiger partial charge on any atom is 0.227 e. The van der Waals surface area contributed by atoms with Crippen molar-refractivity contribution >= 4 is 17.7 Å². The Hall–Kier alpha value is -2.64. The number of carbonyl (C=O) groups is 1. The number of carbonyl (C=O) groups excluding carboxylic acids is 1. The second kappa shape index (κ2) is 8.37. The van der Waals surface area contributed by atoms with Crippen molar-refractivity contribution in [1.82, 2.24) is 20.0 Å². The summed E-state index contributed by atoms with van der Waals surface area (Å²) < 4.78 is 5.17. The van der Waals surface area contributed by atoms with Crippen LogP contribution >= 0.6 is 0 Å². The summed E-state index contributed by atoms with van der Waals surface area (Å²) in [5, 5.41) is 7.19. The minimum atomic E-state index is 0.174. The van der Waals surface area contributed by atoms with Crippen LogP contribution in [0.4, 0.5) is 11.8 Å². The fourth-order valence-corrected chi connectivity index (χ4v) is 3.37. The summed E-state index contributed by atoms with van der Waals surface area (Å²) in [6, 6.07) is 1.95. The average Bonchev–Trinajstić information content (AvgIpc) is 2.97. The average molecular weight is 372 g/mol. The van der Waals surface area contributed by atoms with E-state index in [2.05, 4.69) is 25.3 Å². The smallest absolute Gasteiger partial charge is 0.227 e. The standard InChI is InChI=1S/C19H28N6O2/c1-5-20-17-12-13(2)21-19(22-17)25-10-8-24(9-11-25)18(26)7-6-16-14(3)23-27-15(16)4/h12H,5-11H2,1-4H3,(H,20,21,22). The lowest BCUT2D eigenvalue weighted by atomic mass is 10.1. The Balaban J connectivity index is 1.55. The zero-order valence-electron chi connectivity index (χ0n) is 16.6. The molecule has 1 saturated heterocycles. The number of aromatic nitrogens is 3. The molecule has 1 fully saturated rings. The second-order valence-corrected chi connectivity index (χ2v) is 6.90. The molecule has 27 heavy (non-hydrogen) atoms. The third-order valence-corrected chi connectivity index (χ3v) is 4.89. The van der Waals surface area contributed by atoms with Crippen LogP contribution in [0.3, 0.4) is 0 Å². The number of anilines is 2. The largest absolute Gasteiger partial charge is 0.370 e. The monoisotopic (exact) mass is 372 g/mol. The van der Waals surface area contributed by atoms with E-state index in [0.717, 1.165) is 54.1 Å². The number of hydrogen-bond donors (Lipinski definition) is 1. The molecule has 3 heterocycles. The van der Waals surface area contributed by atoms with Gasteiger partial charge in [-0.25, -0.2) is 4.98 Å². The van der Waals surface area contributed by atoms with Gasteiger partial charge < -0.3 is 19.6 Å². The predicted octanol–water partition coefficient (Wildman–Crippen LogP) is 2.10. The van der Waals surface area contributed by atoms with Gasteiger partial charge in [-0.1, -0.05) is 5.16 Å². The summed E-state index contributed by atoms with van der Waals surface area (Å²) in [5.41, 5.74) is 2.86. The third kappa shape index (κ3) is 4.56. The van der Waals surface area contributed by atoms with Crippen molar-refractivity contribution in [1.29, 1.82) is 0 Å². The predicted molar refractivity (Wildman–Crippen MR) is 104 cm³/mol. The maximum absolute atomic E-state index is 12.6. The van der Waals surface area contributed by atoms with Crippen LogP contribution in [0.15, 0.2) is 10.6 Å². The van der Waals surface area contributed by atoms with E-state index < -0.39 is 0 Å². The molecular weight excluding hydrogens is 344 g/mol. The fourth-order valence-electron chi connectivity index (χ4n) is 3.37. The van der Waals surface area contributed by atoms with Crippen LogP contribution in [0.25, 0.3) is 0 Å². The molecular formula is C19H28N6O2. The molecule has 8 heteroatoms. The van der Waals surface area contributed by atoms with Crippen molar-refractivity contribution in [2.75, 3.05) is 42.9 Å². The van der Waals surface area contributed by atoms with Crippen molar-refractivity contribution < 1.29 is 9.32 Å². The summed E-state index contributed by atoms with van der Waals surface area (Å²) in [6.45, 7) is 11.5. The van der Waals surface area contributed by atoms with E-state index in [1.807, 2.05) is 38.7 Å². The first-order chi connectivity index (χ1) is 13.0. The molecule has 1 N–H and O–H groups in total. The van der Waals surface area contributed by atoms with Crippen molar-refractivity contribution in [2.24, 2.45) is 0 Å². The minimum Gasteiger partial charge on any atom is -0.370 e. The van der Waals surface area contributed by atoms with Crippen molar-refractivity contribution in [2.45, 2.75) is 40.5 Å². The van der Waals surface area contributed by atoms with E-state index >= 15 is 0 Å². The Bertz CT molecular complexity index is 776. The van der Waals surface area contributed by atoms with Gasteiger partial charge in [0, 0.05) is 56.5 Å². The Labute approximate surface area is 159 Å². The van der Waals surface area contributed by atoms with Crippen molar-refractivity contribution in [3.05, 3.63) is 28.8 Å². The van der Waals surface area contributed by atoms with Crippen LogP contribution < -0.4 is 10.2 Å². The van der Waals surface area contributed by atoms with Crippen LogP contribution in [-0.2, 0) is 11.2 Å². The summed E-state index contributed by atoms with van der Waals surface area (Å²) in [4.78, 5) is 25.8.